The van der Waals surface area contributed by atoms with E-state index in [9.17, 15) is 0 Å². The van der Waals surface area contributed by atoms with Gasteiger partial charge in [0.05, 0.1) is 5.56 Å². The highest BCUT2D eigenvalue weighted by Crippen LogP contribution is 2.38. The fourth-order valence-corrected chi connectivity index (χ4v) is 3.47. The number of aryl methyl sites for hydroxylation is 1. The molecule has 2 nitrogen and oxygen atoms in total. The lowest BCUT2D eigenvalue weighted by atomic mass is 10.0. The lowest BCUT2D eigenvalue weighted by Crippen LogP contribution is -2.03. The molecule has 1 heterocycles. The molecular formula is C16H16Cl2N2. The molecule has 1 fully saturated rings. The second kappa shape index (κ2) is 5.71. The van der Waals surface area contributed by atoms with Crippen LogP contribution >= 0.6 is 23.2 Å². The van der Waals surface area contributed by atoms with Gasteiger partial charge in [0, 0.05) is 5.92 Å². The summed E-state index contributed by atoms with van der Waals surface area (Å²) >= 11 is 12.8. The topological polar surface area (TPSA) is 25.8 Å². The van der Waals surface area contributed by atoms with E-state index in [1.54, 1.807) is 0 Å². The number of nitrogens with zero attached hydrogens (tertiary/aromatic N) is 2. The van der Waals surface area contributed by atoms with Crippen LogP contribution in [0.15, 0.2) is 24.3 Å². The quantitative estimate of drug-likeness (QED) is 0.693. The molecule has 0 N–H and O–H groups in total. The first-order valence-corrected chi connectivity index (χ1v) is 7.71. The summed E-state index contributed by atoms with van der Waals surface area (Å²) in [5, 5.41) is 0.919. The van der Waals surface area contributed by atoms with E-state index in [4.69, 9.17) is 23.2 Å². The van der Waals surface area contributed by atoms with Crippen LogP contribution in [0.3, 0.4) is 0 Å². The molecule has 0 atom stereocenters. The van der Waals surface area contributed by atoms with E-state index < -0.39 is 0 Å². The third kappa shape index (κ3) is 2.55. The average molecular weight is 307 g/mol. The summed E-state index contributed by atoms with van der Waals surface area (Å²) in [7, 11) is 0. The monoisotopic (exact) mass is 306 g/mol. The van der Waals surface area contributed by atoms with Gasteiger partial charge in [0.15, 0.2) is 0 Å². The van der Waals surface area contributed by atoms with Crippen LogP contribution in [0.2, 0.25) is 10.3 Å². The van der Waals surface area contributed by atoms with Crippen LogP contribution in [0.4, 0.5) is 0 Å². The summed E-state index contributed by atoms with van der Waals surface area (Å²) in [4.78, 5) is 9.01. The van der Waals surface area contributed by atoms with Crippen LogP contribution in [-0.2, 0) is 0 Å². The highest BCUT2D eigenvalue weighted by Gasteiger charge is 2.23. The molecule has 0 unspecified atom stereocenters. The van der Waals surface area contributed by atoms with Crippen molar-refractivity contribution in [3.63, 3.8) is 0 Å². The van der Waals surface area contributed by atoms with Crippen molar-refractivity contribution in [2.24, 2.45) is 0 Å². The van der Waals surface area contributed by atoms with E-state index in [0.29, 0.717) is 16.2 Å². The Bertz CT molecular complexity index is 611. The van der Waals surface area contributed by atoms with Crippen molar-refractivity contribution < 1.29 is 0 Å². The highest BCUT2D eigenvalue weighted by molar-refractivity contribution is 6.37. The summed E-state index contributed by atoms with van der Waals surface area (Å²) in [6, 6.07) is 8.00. The summed E-state index contributed by atoms with van der Waals surface area (Å²) in [5.41, 5.74) is 2.86. The van der Waals surface area contributed by atoms with Crippen molar-refractivity contribution >= 4 is 23.2 Å². The molecule has 1 aliphatic carbocycles. The lowest BCUT2D eigenvalue weighted by molar-refractivity contribution is 0.668. The summed E-state index contributed by atoms with van der Waals surface area (Å²) in [6.07, 6.45) is 4.75. The molecule has 1 saturated carbocycles. The van der Waals surface area contributed by atoms with Gasteiger partial charge >= 0.3 is 0 Å². The molecule has 0 radical (unpaired) electrons. The minimum absolute atomic E-state index is 0.413. The number of rotatable bonds is 2. The number of aromatic nitrogens is 2. The van der Waals surface area contributed by atoms with Gasteiger partial charge in [0.25, 0.3) is 0 Å². The Balaban J connectivity index is 2.07. The van der Waals surface area contributed by atoms with Crippen LogP contribution in [-0.4, -0.2) is 9.97 Å². The SMILES string of the molecule is Cc1ccccc1-c1c(Cl)nc(C2CCCC2)nc1Cl. The van der Waals surface area contributed by atoms with E-state index in [1.807, 2.05) is 31.2 Å². The minimum Gasteiger partial charge on any atom is -0.220 e. The number of benzene rings is 1. The highest BCUT2D eigenvalue weighted by atomic mass is 35.5. The molecule has 0 amide bonds. The van der Waals surface area contributed by atoms with Gasteiger partial charge in [-0.2, -0.15) is 0 Å². The largest absolute Gasteiger partial charge is 0.220 e. The van der Waals surface area contributed by atoms with E-state index in [1.165, 1.54) is 12.8 Å². The second-order valence-corrected chi connectivity index (χ2v) is 6.05. The zero-order valence-electron chi connectivity index (χ0n) is 11.4. The molecule has 1 aromatic carbocycles. The summed E-state index contributed by atoms with van der Waals surface area (Å²) < 4.78 is 0. The zero-order chi connectivity index (χ0) is 14.1. The van der Waals surface area contributed by atoms with Crippen molar-refractivity contribution in [1.29, 1.82) is 0 Å². The van der Waals surface area contributed by atoms with Gasteiger partial charge in [-0.15, -0.1) is 0 Å². The Morgan fingerprint density at radius 3 is 2.20 bits per heavy atom. The summed E-state index contributed by atoms with van der Waals surface area (Å²) in [5.74, 6) is 1.21. The number of hydrogen-bond acceptors (Lipinski definition) is 2. The molecule has 2 aromatic rings. The van der Waals surface area contributed by atoms with Gasteiger partial charge in [0.2, 0.25) is 0 Å². The standard InChI is InChI=1S/C16H16Cl2N2/c1-10-6-2-5-9-12(10)13-14(17)19-16(20-15(13)18)11-7-3-4-8-11/h2,5-6,9,11H,3-4,7-8H2,1H3. The van der Waals surface area contributed by atoms with Gasteiger partial charge in [-0.25, -0.2) is 9.97 Å². The van der Waals surface area contributed by atoms with Crippen LogP contribution in [0.25, 0.3) is 11.1 Å². The van der Waals surface area contributed by atoms with Crippen LogP contribution in [0.5, 0.6) is 0 Å². The Morgan fingerprint density at radius 2 is 1.60 bits per heavy atom. The number of hydrogen-bond donors (Lipinski definition) is 0. The number of halogens is 2. The Morgan fingerprint density at radius 1 is 1.00 bits per heavy atom. The van der Waals surface area contributed by atoms with Crippen molar-refractivity contribution in [3.8, 4) is 11.1 Å². The van der Waals surface area contributed by atoms with Crippen molar-refractivity contribution in [3.05, 3.63) is 46.0 Å². The Kier molecular flexibility index (Phi) is 3.95. The fraction of sp³-hybridized carbons (Fsp3) is 0.375. The molecule has 0 spiro atoms. The molecule has 0 saturated heterocycles. The van der Waals surface area contributed by atoms with Gasteiger partial charge in [0.1, 0.15) is 16.1 Å². The Labute approximate surface area is 129 Å². The first-order chi connectivity index (χ1) is 9.66. The van der Waals surface area contributed by atoms with E-state index >= 15 is 0 Å². The van der Waals surface area contributed by atoms with Crippen LogP contribution < -0.4 is 0 Å². The predicted molar refractivity (Wildman–Crippen MR) is 83.4 cm³/mol. The zero-order valence-corrected chi connectivity index (χ0v) is 12.9. The third-order valence-corrected chi connectivity index (χ3v) is 4.52. The lowest BCUT2D eigenvalue weighted by Gasteiger charge is -2.13. The van der Waals surface area contributed by atoms with Crippen molar-refractivity contribution in [1.82, 2.24) is 9.97 Å². The smallest absolute Gasteiger partial charge is 0.142 e. The van der Waals surface area contributed by atoms with Gasteiger partial charge < -0.3 is 0 Å². The second-order valence-electron chi connectivity index (χ2n) is 5.33. The first-order valence-electron chi connectivity index (χ1n) is 6.95. The van der Waals surface area contributed by atoms with E-state index in [2.05, 4.69) is 9.97 Å². The third-order valence-electron chi connectivity index (χ3n) is 3.97. The van der Waals surface area contributed by atoms with Crippen LogP contribution in [0, 0.1) is 6.92 Å². The molecule has 1 aliphatic rings. The van der Waals surface area contributed by atoms with E-state index in [0.717, 1.165) is 35.4 Å². The maximum absolute atomic E-state index is 6.38. The van der Waals surface area contributed by atoms with Crippen LogP contribution in [0.1, 0.15) is 43.0 Å². The van der Waals surface area contributed by atoms with Crippen molar-refractivity contribution in [2.75, 3.05) is 0 Å². The normalized spacial score (nSPS) is 15.8. The maximum Gasteiger partial charge on any atom is 0.142 e. The maximum atomic E-state index is 6.38. The van der Waals surface area contributed by atoms with Gasteiger partial charge in [-0.05, 0) is 30.9 Å². The molecule has 1 aromatic heterocycles. The average Bonchev–Trinajstić information content (AvgIpc) is 2.94. The predicted octanol–water partition coefficient (Wildman–Crippen LogP) is 5.42. The molecule has 104 valence electrons. The Hall–Kier alpha value is -1.12. The van der Waals surface area contributed by atoms with Crippen molar-refractivity contribution in [2.45, 2.75) is 38.5 Å². The fourth-order valence-electron chi connectivity index (χ4n) is 2.87. The summed E-state index contributed by atoms with van der Waals surface area (Å²) in [6.45, 7) is 2.03. The van der Waals surface area contributed by atoms with Gasteiger partial charge in [-0.3, -0.25) is 0 Å². The molecule has 4 heteroatoms. The molecule has 0 bridgehead atoms. The molecule has 0 aliphatic heterocycles. The molecule has 20 heavy (non-hydrogen) atoms. The van der Waals surface area contributed by atoms with Gasteiger partial charge in [-0.1, -0.05) is 60.3 Å². The molecule has 3 rings (SSSR count). The minimum atomic E-state index is 0.413. The first kappa shape index (κ1) is 13.8. The van der Waals surface area contributed by atoms with E-state index in [-0.39, 0.29) is 0 Å². The molecular weight excluding hydrogens is 291 g/mol.